The fourth-order valence-corrected chi connectivity index (χ4v) is 4.83. The highest BCUT2D eigenvalue weighted by molar-refractivity contribution is 6.14. The first kappa shape index (κ1) is 26.7. The van der Waals surface area contributed by atoms with Crippen molar-refractivity contribution < 1.29 is 4.79 Å². The number of aromatic nitrogens is 3. The zero-order chi connectivity index (χ0) is 26.0. The standard InChI is InChI=1S/C32H40N4O/c1-4-7-18-36-24-31(33-34-36)23-35-21-29(19-27-14-10-25(8-5-2)11-15-27)32(37)30(22-35)20-28-16-12-26(9-6-3)13-17-28/h10-17,19-20,24H,4-9,18,21-23H2,1-3H3. The molecule has 5 nitrogen and oxygen atoms in total. The van der Waals surface area contributed by atoms with Gasteiger partial charge in [0.2, 0.25) is 0 Å². The minimum absolute atomic E-state index is 0.137. The number of benzene rings is 2. The Balaban J connectivity index is 1.59. The van der Waals surface area contributed by atoms with Crippen LogP contribution in [0.4, 0.5) is 0 Å². The molecule has 0 unspecified atom stereocenters. The first-order valence-corrected chi connectivity index (χ1v) is 13.8. The lowest BCUT2D eigenvalue weighted by atomic mass is 9.93. The summed E-state index contributed by atoms with van der Waals surface area (Å²) in [5.41, 5.74) is 7.39. The quantitative estimate of drug-likeness (QED) is 0.283. The van der Waals surface area contributed by atoms with Crippen LogP contribution in [-0.4, -0.2) is 38.8 Å². The van der Waals surface area contributed by atoms with E-state index in [2.05, 4.69) is 96.7 Å². The molecule has 0 radical (unpaired) electrons. The van der Waals surface area contributed by atoms with E-state index in [1.165, 1.54) is 11.1 Å². The van der Waals surface area contributed by atoms with Crippen molar-refractivity contribution in [2.45, 2.75) is 72.4 Å². The van der Waals surface area contributed by atoms with E-state index in [0.29, 0.717) is 19.6 Å². The van der Waals surface area contributed by atoms with E-state index < -0.39 is 0 Å². The van der Waals surface area contributed by atoms with Crippen LogP contribution in [0, 0.1) is 0 Å². The van der Waals surface area contributed by atoms with Crippen molar-refractivity contribution in [1.82, 2.24) is 19.9 Å². The van der Waals surface area contributed by atoms with Crippen molar-refractivity contribution in [3.05, 3.63) is 93.8 Å². The van der Waals surface area contributed by atoms with Crippen LogP contribution in [0.25, 0.3) is 12.2 Å². The van der Waals surface area contributed by atoms with Crippen LogP contribution in [0.15, 0.2) is 65.9 Å². The summed E-state index contributed by atoms with van der Waals surface area (Å²) in [5.74, 6) is 0.137. The molecular weight excluding hydrogens is 456 g/mol. The topological polar surface area (TPSA) is 51.0 Å². The monoisotopic (exact) mass is 496 g/mol. The van der Waals surface area contributed by atoms with Gasteiger partial charge in [0.15, 0.2) is 5.78 Å². The van der Waals surface area contributed by atoms with Crippen LogP contribution < -0.4 is 0 Å². The second-order valence-electron chi connectivity index (χ2n) is 10.1. The van der Waals surface area contributed by atoms with Gasteiger partial charge < -0.3 is 0 Å². The summed E-state index contributed by atoms with van der Waals surface area (Å²) in [6.45, 7) is 9.32. The first-order chi connectivity index (χ1) is 18.1. The molecule has 2 heterocycles. The van der Waals surface area contributed by atoms with Gasteiger partial charge in [0.1, 0.15) is 0 Å². The van der Waals surface area contributed by atoms with Crippen LogP contribution in [0.1, 0.15) is 74.4 Å². The fraction of sp³-hybridized carbons (Fsp3) is 0.406. The lowest BCUT2D eigenvalue weighted by molar-refractivity contribution is -0.113. The third-order valence-corrected chi connectivity index (χ3v) is 6.80. The van der Waals surface area contributed by atoms with Gasteiger partial charge in [-0.15, -0.1) is 5.10 Å². The summed E-state index contributed by atoms with van der Waals surface area (Å²) in [7, 11) is 0. The number of Topliss-reactive ketones (excluding diaryl/α,β-unsaturated/α-hetero) is 1. The van der Waals surface area contributed by atoms with Gasteiger partial charge in [-0.05, 0) is 53.7 Å². The predicted molar refractivity (Wildman–Crippen MR) is 152 cm³/mol. The predicted octanol–water partition coefficient (Wildman–Crippen LogP) is 6.54. The van der Waals surface area contributed by atoms with Gasteiger partial charge in [-0.3, -0.25) is 14.4 Å². The molecule has 4 rings (SSSR count). The van der Waals surface area contributed by atoms with Crippen LogP contribution in [0.2, 0.25) is 0 Å². The molecule has 0 atom stereocenters. The summed E-state index contributed by atoms with van der Waals surface area (Å²) in [5, 5.41) is 8.70. The summed E-state index contributed by atoms with van der Waals surface area (Å²) in [6.07, 6.45) is 12.8. The second kappa shape index (κ2) is 13.3. The van der Waals surface area contributed by atoms with E-state index in [1.807, 2.05) is 10.9 Å². The maximum Gasteiger partial charge on any atom is 0.187 e. The van der Waals surface area contributed by atoms with E-state index in [9.17, 15) is 4.79 Å². The van der Waals surface area contributed by atoms with Gasteiger partial charge in [0, 0.05) is 43.5 Å². The molecule has 0 saturated carbocycles. The lowest BCUT2D eigenvalue weighted by Gasteiger charge is -2.29. The smallest absolute Gasteiger partial charge is 0.187 e. The SMILES string of the molecule is CCCCn1cc(CN2CC(=Cc3ccc(CCC)cc3)C(=O)C(=Cc3ccc(CCC)cc3)C2)nn1. The minimum atomic E-state index is 0.137. The van der Waals surface area contributed by atoms with Crippen molar-refractivity contribution in [2.24, 2.45) is 0 Å². The van der Waals surface area contributed by atoms with Crippen molar-refractivity contribution in [1.29, 1.82) is 0 Å². The average Bonchev–Trinajstić information content (AvgIpc) is 3.35. The Morgan fingerprint density at radius 2 is 1.32 bits per heavy atom. The number of carbonyl (C=O) groups is 1. The van der Waals surface area contributed by atoms with Gasteiger partial charge in [0.05, 0.1) is 5.69 Å². The zero-order valence-corrected chi connectivity index (χ0v) is 22.6. The molecule has 0 aliphatic carbocycles. The van der Waals surface area contributed by atoms with Gasteiger partial charge in [0.25, 0.3) is 0 Å². The molecule has 0 bridgehead atoms. The number of carbonyl (C=O) groups excluding carboxylic acids is 1. The number of piperidine rings is 1. The Kier molecular flexibility index (Phi) is 9.61. The molecule has 0 spiro atoms. The fourth-order valence-electron chi connectivity index (χ4n) is 4.83. The van der Waals surface area contributed by atoms with Crippen LogP contribution in [-0.2, 0) is 30.7 Å². The van der Waals surface area contributed by atoms with Crippen molar-refractivity contribution in [2.75, 3.05) is 13.1 Å². The van der Waals surface area contributed by atoms with E-state index in [-0.39, 0.29) is 5.78 Å². The highest BCUT2D eigenvalue weighted by Gasteiger charge is 2.26. The molecule has 37 heavy (non-hydrogen) atoms. The van der Waals surface area contributed by atoms with Gasteiger partial charge in [-0.2, -0.15) is 0 Å². The molecule has 5 heteroatoms. The van der Waals surface area contributed by atoms with Gasteiger partial charge in [-0.25, -0.2) is 0 Å². The Labute approximate surface area is 221 Å². The highest BCUT2D eigenvalue weighted by Crippen LogP contribution is 2.24. The summed E-state index contributed by atoms with van der Waals surface area (Å²) < 4.78 is 1.93. The van der Waals surface area contributed by atoms with Crippen molar-refractivity contribution in [3.63, 3.8) is 0 Å². The molecule has 0 N–H and O–H groups in total. The Hall–Kier alpha value is -3.31. The summed E-state index contributed by atoms with van der Waals surface area (Å²) in [4.78, 5) is 15.9. The first-order valence-electron chi connectivity index (χ1n) is 13.8. The number of aryl methyl sites for hydroxylation is 3. The number of hydrogen-bond donors (Lipinski definition) is 0. The minimum Gasteiger partial charge on any atom is -0.289 e. The maximum atomic E-state index is 13.6. The average molecular weight is 497 g/mol. The van der Waals surface area contributed by atoms with Crippen molar-refractivity contribution in [3.8, 4) is 0 Å². The van der Waals surface area contributed by atoms with Crippen LogP contribution in [0.3, 0.4) is 0 Å². The number of likely N-dealkylation sites (tertiary alicyclic amines) is 1. The van der Waals surface area contributed by atoms with E-state index in [1.54, 1.807) is 0 Å². The molecule has 1 aromatic heterocycles. The van der Waals surface area contributed by atoms with Crippen LogP contribution >= 0.6 is 0 Å². The van der Waals surface area contributed by atoms with Gasteiger partial charge >= 0.3 is 0 Å². The van der Waals surface area contributed by atoms with Crippen molar-refractivity contribution >= 4 is 17.9 Å². The maximum absolute atomic E-state index is 13.6. The molecule has 3 aromatic rings. The zero-order valence-electron chi connectivity index (χ0n) is 22.6. The number of rotatable bonds is 11. The third-order valence-electron chi connectivity index (χ3n) is 6.80. The molecule has 1 saturated heterocycles. The van der Waals surface area contributed by atoms with E-state index >= 15 is 0 Å². The molecule has 1 aliphatic heterocycles. The molecule has 0 amide bonds. The summed E-state index contributed by atoms with van der Waals surface area (Å²) in [6, 6.07) is 17.2. The number of ketones is 1. The van der Waals surface area contributed by atoms with Crippen LogP contribution in [0.5, 0.6) is 0 Å². The number of nitrogens with zero attached hydrogens (tertiary/aromatic N) is 4. The normalized spacial score (nSPS) is 16.7. The third kappa shape index (κ3) is 7.59. The molecule has 194 valence electrons. The highest BCUT2D eigenvalue weighted by atomic mass is 16.1. The molecule has 2 aromatic carbocycles. The second-order valence-corrected chi connectivity index (χ2v) is 10.1. The molecular formula is C32H40N4O. The lowest BCUT2D eigenvalue weighted by Crippen LogP contribution is -2.37. The van der Waals surface area contributed by atoms with Gasteiger partial charge in [-0.1, -0.05) is 93.8 Å². The molecule has 1 aliphatic rings. The summed E-state index contributed by atoms with van der Waals surface area (Å²) >= 11 is 0. The largest absolute Gasteiger partial charge is 0.289 e. The number of hydrogen-bond acceptors (Lipinski definition) is 4. The van der Waals surface area contributed by atoms with E-state index in [4.69, 9.17) is 0 Å². The Morgan fingerprint density at radius 1 is 0.784 bits per heavy atom. The number of unbranched alkanes of at least 4 members (excludes halogenated alkanes) is 1. The van der Waals surface area contributed by atoms with E-state index in [0.717, 1.165) is 73.0 Å². The molecule has 1 fully saturated rings. The Morgan fingerprint density at radius 3 is 1.81 bits per heavy atom. The Bertz CT molecular complexity index is 1150.